The Morgan fingerprint density at radius 3 is 2.56 bits per heavy atom. The highest BCUT2D eigenvalue weighted by Gasteiger charge is 2.40. The average Bonchev–Trinajstić information content (AvgIpc) is 2.92. The molecule has 1 N–H and O–H groups in total. The van der Waals surface area contributed by atoms with Gasteiger partial charge in [-0.1, -0.05) is 42.0 Å². The molecule has 138 valence electrons. The van der Waals surface area contributed by atoms with Crippen molar-refractivity contribution in [3.8, 4) is 0 Å². The fourth-order valence-electron chi connectivity index (χ4n) is 5.02. The van der Waals surface area contributed by atoms with Crippen LogP contribution in [0, 0.1) is 6.92 Å². The lowest BCUT2D eigenvalue weighted by molar-refractivity contribution is 0.124. The molecule has 1 aromatic heterocycles. The summed E-state index contributed by atoms with van der Waals surface area (Å²) >= 11 is 0. The molecule has 2 aliphatic rings. The number of nitrogens with one attached hydrogen (secondary N) is 1. The molecule has 0 aliphatic carbocycles. The molecule has 0 amide bonds. The van der Waals surface area contributed by atoms with Gasteiger partial charge in [-0.2, -0.15) is 0 Å². The van der Waals surface area contributed by atoms with Gasteiger partial charge in [0.1, 0.15) is 0 Å². The third-order valence-corrected chi connectivity index (χ3v) is 6.41. The normalized spacial score (nSPS) is 25.0. The third kappa shape index (κ3) is 3.32. The fourth-order valence-corrected chi connectivity index (χ4v) is 5.02. The molecule has 3 heteroatoms. The highest BCUT2D eigenvalue weighted by molar-refractivity contribution is 5.93. The second kappa shape index (κ2) is 6.97. The minimum atomic E-state index is 0.565. The van der Waals surface area contributed by atoms with Gasteiger partial charge in [0.05, 0.1) is 0 Å². The van der Waals surface area contributed by atoms with Crippen LogP contribution < -0.4 is 5.32 Å². The minimum Gasteiger partial charge on any atom is -0.382 e. The first-order chi connectivity index (χ1) is 13.3. The smallest absolute Gasteiger partial charge is 0.0423 e. The molecule has 2 aromatic carbocycles. The summed E-state index contributed by atoms with van der Waals surface area (Å²) in [7, 11) is 0. The summed E-state index contributed by atoms with van der Waals surface area (Å²) in [6, 6.07) is 19.7. The third-order valence-electron chi connectivity index (χ3n) is 6.41. The van der Waals surface area contributed by atoms with E-state index in [4.69, 9.17) is 0 Å². The minimum absolute atomic E-state index is 0.565. The zero-order valence-electron chi connectivity index (χ0n) is 15.9. The zero-order valence-corrected chi connectivity index (χ0v) is 15.9. The van der Waals surface area contributed by atoms with Gasteiger partial charge >= 0.3 is 0 Å². The summed E-state index contributed by atoms with van der Waals surface area (Å²) in [6.45, 7) is 3.26. The summed E-state index contributed by atoms with van der Waals surface area (Å²) in [4.78, 5) is 7.02. The highest BCUT2D eigenvalue weighted by Crippen LogP contribution is 2.38. The largest absolute Gasteiger partial charge is 0.382 e. The van der Waals surface area contributed by atoms with E-state index in [2.05, 4.69) is 70.7 Å². The topological polar surface area (TPSA) is 28.2 Å². The number of aromatic nitrogens is 1. The maximum absolute atomic E-state index is 4.26. The van der Waals surface area contributed by atoms with E-state index in [0.29, 0.717) is 18.1 Å². The van der Waals surface area contributed by atoms with E-state index in [1.807, 2.05) is 12.4 Å². The predicted molar refractivity (Wildman–Crippen MR) is 112 cm³/mol. The molecule has 2 unspecified atom stereocenters. The summed E-state index contributed by atoms with van der Waals surface area (Å²) in [5, 5.41) is 6.35. The number of hydrogen-bond donors (Lipinski definition) is 1. The Labute approximate surface area is 161 Å². The van der Waals surface area contributed by atoms with Gasteiger partial charge in [0, 0.05) is 53.5 Å². The second-order valence-corrected chi connectivity index (χ2v) is 8.26. The standard InChI is InChI=1S/C24H27N3/c1-17-5-7-18(8-6-17)16-27-21-9-10-22(27)14-20(13-21)26-24-4-2-3-19-15-25-12-11-23(19)24/h2-8,11-12,15,20-22,26H,9-10,13-14,16H2,1H3. The van der Waals surface area contributed by atoms with Crippen molar-refractivity contribution in [3.05, 3.63) is 72.1 Å². The number of fused-ring (bicyclic) bond motifs is 3. The van der Waals surface area contributed by atoms with Crippen LogP contribution >= 0.6 is 0 Å². The van der Waals surface area contributed by atoms with Crippen molar-refractivity contribution in [3.63, 3.8) is 0 Å². The van der Waals surface area contributed by atoms with Crippen LogP contribution in [0.15, 0.2) is 60.9 Å². The molecule has 0 spiro atoms. The summed E-state index contributed by atoms with van der Waals surface area (Å²) < 4.78 is 0. The van der Waals surface area contributed by atoms with Crippen LogP contribution in [0.4, 0.5) is 5.69 Å². The zero-order chi connectivity index (χ0) is 18.2. The summed E-state index contributed by atoms with van der Waals surface area (Å²) in [5.41, 5.74) is 4.05. The van der Waals surface area contributed by atoms with Gasteiger partial charge < -0.3 is 5.32 Å². The molecule has 5 rings (SSSR count). The van der Waals surface area contributed by atoms with Crippen molar-refractivity contribution in [2.24, 2.45) is 0 Å². The lowest BCUT2D eigenvalue weighted by atomic mass is 9.95. The Morgan fingerprint density at radius 1 is 1.00 bits per heavy atom. The SMILES string of the molecule is Cc1ccc(CN2C3CCC2CC(Nc2cccc4cnccc24)C3)cc1. The second-order valence-electron chi connectivity index (χ2n) is 8.26. The first kappa shape index (κ1) is 16.8. The molecule has 3 heterocycles. The number of piperidine rings is 1. The predicted octanol–water partition coefficient (Wildman–Crippen LogP) is 5.15. The Hall–Kier alpha value is -2.39. The average molecular weight is 358 g/mol. The lowest BCUT2D eigenvalue weighted by Crippen LogP contribution is -2.46. The Kier molecular flexibility index (Phi) is 4.33. The number of hydrogen-bond acceptors (Lipinski definition) is 3. The number of pyridine rings is 1. The molecule has 3 nitrogen and oxygen atoms in total. The van der Waals surface area contributed by atoms with E-state index in [-0.39, 0.29) is 0 Å². The van der Waals surface area contributed by atoms with Crippen LogP contribution in [0.25, 0.3) is 10.8 Å². The van der Waals surface area contributed by atoms with Crippen LogP contribution in [0.1, 0.15) is 36.8 Å². The molecule has 2 saturated heterocycles. The summed E-state index contributed by atoms with van der Waals surface area (Å²) in [6.07, 6.45) is 9.01. The molecule has 2 bridgehead atoms. The Morgan fingerprint density at radius 2 is 1.78 bits per heavy atom. The van der Waals surface area contributed by atoms with Gasteiger partial charge in [-0.15, -0.1) is 0 Å². The van der Waals surface area contributed by atoms with Gasteiger partial charge in [-0.3, -0.25) is 9.88 Å². The van der Waals surface area contributed by atoms with Crippen molar-refractivity contribution < 1.29 is 0 Å². The number of benzene rings is 2. The van der Waals surface area contributed by atoms with Crippen molar-refractivity contribution in [2.75, 3.05) is 5.32 Å². The molecule has 2 atom stereocenters. The molecule has 3 aromatic rings. The lowest BCUT2D eigenvalue weighted by Gasteiger charge is -2.39. The molecule has 2 fully saturated rings. The van der Waals surface area contributed by atoms with Crippen LogP contribution in [0.5, 0.6) is 0 Å². The number of rotatable bonds is 4. The van der Waals surface area contributed by atoms with Crippen LogP contribution in [0.2, 0.25) is 0 Å². The van der Waals surface area contributed by atoms with Crippen molar-refractivity contribution >= 4 is 16.5 Å². The Balaban J connectivity index is 1.30. The van der Waals surface area contributed by atoms with Gasteiger partial charge in [-0.25, -0.2) is 0 Å². The number of aryl methyl sites for hydroxylation is 1. The number of nitrogens with zero attached hydrogens (tertiary/aromatic N) is 2. The van der Waals surface area contributed by atoms with Crippen molar-refractivity contribution in [1.82, 2.24) is 9.88 Å². The monoisotopic (exact) mass is 357 g/mol. The van der Waals surface area contributed by atoms with Crippen LogP contribution in [-0.2, 0) is 6.54 Å². The fraction of sp³-hybridized carbons (Fsp3) is 0.375. The Bertz CT molecular complexity index is 915. The van der Waals surface area contributed by atoms with E-state index in [9.17, 15) is 0 Å². The molecule has 0 saturated carbocycles. The first-order valence-corrected chi connectivity index (χ1v) is 10.2. The summed E-state index contributed by atoms with van der Waals surface area (Å²) in [5.74, 6) is 0. The van der Waals surface area contributed by atoms with E-state index in [1.54, 1.807) is 0 Å². The molecular formula is C24H27N3. The van der Waals surface area contributed by atoms with Gasteiger partial charge in [0.2, 0.25) is 0 Å². The van der Waals surface area contributed by atoms with E-state index in [1.165, 1.54) is 53.3 Å². The first-order valence-electron chi connectivity index (χ1n) is 10.2. The van der Waals surface area contributed by atoms with E-state index >= 15 is 0 Å². The molecule has 27 heavy (non-hydrogen) atoms. The molecular weight excluding hydrogens is 330 g/mol. The van der Waals surface area contributed by atoms with Gasteiger partial charge in [0.15, 0.2) is 0 Å². The van der Waals surface area contributed by atoms with Crippen molar-refractivity contribution in [1.29, 1.82) is 0 Å². The van der Waals surface area contributed by atoms with Gasteiger partial charge in [-0.05, 0) is 50.3 Å². The number of anilines is 1. The van der Waals surface area contributed by atoms with Gasteiger partial charge in [0.25, 0.3) is 0 Å². The maximum Gasteiger partial charge on any atom is 0.0423 e. The molecule has 0 radical (unpaired) electrons. The molecule has 2 aliphatic heterocycles. The van der Waals surface area contributed by atoms with E-state index < -0.39 is 0 Å². The van der Waals surface area contributed by atoms with Crippen molar-refractivity contribution in [2.45, 2.75) is 57.3 Å². The van der Waals surface area contributed by atoms with Crippen LogP contribution in [0.3, 0.4) is 0 Å². The quantitative estimate of drug-likeness (QED) is 0.700. The highest BCUT2D eigenvalue weighted by atomic mass is 15.2. The van der Waals surface area contributed by atoms with E-state index in [0.717, 1.165) is 6.54 Å². The maximum atomic E-state index is 4.26. The van der Waals surface area contributed by atoms with Crippen LogP contribution in [-0.4, -0.2) is 28.0 Å².